The van der Waals surface area contributed by atoms with Gasteiger partial charge >= 0.3 is 5.97 Å². The van der Waals surface area contributed by atoms with Crippen LogP contribution in [0.15, 0.2) is 65.8 Å². The molecule has 0 aromatic heterocycles. The van der Waals surface area contributed by atoms with Gasteiger partial charge in [0.05, 0.1) is 17.7 Å². The molecule has 0 spiro atoms. The summed E-state index contributed by atoms with van der Waals surface area (Å²) in [6.45, 7) is 0.164. The molecule has 2 N–H and O–H groups in total. The number of hydrogen-bond donors (Lipinski definition) is 1. The molecule has 3 rings (SSSR count). The average Bonchev–Trinajstić information content (AvgIpc) is 2.76. The van der Waals surface area contributed by atoms with E-state index >= 15 is 0 Å². The molecule has 0 saturated heterocycles. The van der Waals surface area contributed by atoms with Gasteiger partial charge in [0.1, 0.15) is 18.1 Å². The standard InChI is InChI=1S/C22H17Cl3N2O4/c1-29-20-9-2-13(10-14(20)12-30-17-6-3-15(23)4-7-17)22(28)31-27-21(26)18-8-5-16(24)11-19(18)25/h2-11H,12H2,1H3,(H2,26,27). The third kappa shape index (κ3) is 6.04. The predicted octanol–water partition coefficient (Wildman–Crippen LogP) is 5.71. The Morgan fingerprint density at radius 1 is 0.968 bits per heavy atom. The Morgan fingerprint density at radius 2 is 1.68 bits per heavy atom. The number of carbonyl (C=O) groups excluding carboxylic acids is 1. The van der Waals surface area contributed by atoms with Crippen LogP contribution in [0.5, 0.6) is 11.5 Å². The van der Waals surface area contributed by atoms with E-state index in [1.165, 1.54) is 13.2 Å². The molecular formula is C22H17Cl3N2O4. The van der Waals surface area contributed by atoms with Crippen LogP contribution in [0, 0.1) is 0 Å². The van der Waals surface area contributed by atoms with Crippen molar-refractivity contribution in [1.82, 2.24) is 0 Å². The third-order valence-electron chi connectivity index (χ3n) is 4.16. The fourth-order valence-electron chi connectivity index (χ4n) is 2.60. The predicted molar refractivity (Wildman–Crippen MR) is 121 cm³/mol. The van der Waals surface area contributed by atoms with Crippen molar-refractivity contribution in [3.63, 3.8) is 0 Å². The van der Waals surface area contributed by atoms with Gasteiger partial charge in [0, 0.05) is 21.2 Å². The number of oxime groups is 1. The monoisotopic (exact) mass is 478 g/mol. The lowest BCUT2D eigenvalue weighted by Gasteiger charge is -2.11. The van der Waals surface area contributed by atoms with Gasteiger partial charge in [-0.2, -0.15) is 0 Å². The van der Waals surface area contributed by atoms with Crippen LogP contribution in [0.1, 0.15) is 21.5 Å². The van der Waals surface area contributed by atoms with E-state index in [-0.39, 0.29) is 23.0 Å². The van der Waals surface area contributed by atoms with E-state index in [9.17, 15) is 4.79 Å². The zero-order chi connectivity index (χ0) is 22.4. The molecule has 0 heterocycles. The summed E-state index contributed by atoms with van der Waals surface area (Å²) >= 11 is 17.8. The quantitative estimate of drug-likeness (QED) is 0.203. The molecule has 9 heteroatoms. The molecule has 0 fully saturated rings. The van der Waals surface area contributed by atoms with Crippen molar-refractivity contribution in [2.45, 2.75) is 6.61 Å². The Bertz CT molecular complexity index is 1120. The smallest absolute Gasteiger partial charge is 0.365 e. The summed E-state index contributed by atoms with van der Waals surface area (Å²) in [4.78, 5) is 17.4. The first-order valence-corrected chi connectivity index (χ1v) is 10.1. The van der Waals surface area contributed by atoms with Gasteiger partial charge < -0.3 is 20.0 Å². The highest BCUT2D eigenvalue weighted by Crippen LogP contribution is 2.24. The molecule has 160 valence electrons. The van der Waals surface area contributed by atoms with Gasteiger partial charge in [0.25, 0.3) is 0 Å². The van der Waals surface area contributed by atoms with Crippen molar-refractivity contribution in [3.05, 3.63) is 92.4 Å². The summed E-state index contributed by atoms with van der Waals surface area (Å²) in [7, 11) is 1.53. The molecule has 0 aliphatic heterocycles. The van der Waals surface area contributed by atoms with Crippen molar-refractivity contribution in [1.29, 1.82) is 0 Å². The minimum atomic E-state index is -0.705. The summed E-state index contributed by atoms with van der Waals surface area (Å²) in [5.41, 5.74) is 7.15. The first kappa shape index (κ1) is 22.7. The van der Waals surface area contributed by atoms with Crippen LogP contribution < -0.4 is 15.2 Å². The molecule has 0 saturated carbocycles. The number of amidine groups is 1. The van der Waals surface area contributed by atoms with E-state index in [0.717, 1.165) is 0 Å². The summed E-state index contributed by atoms with van der Waals surface area (Å²) in [6, 6.07) is 16.4. The molecule has 31 heavy (non-hydrogen) atoms. The molecule has 0 atom stereocenters. The highest BCUT2D eigenvalue weighted by atomic mass is 35.5. The molecule has 3 aromatic carbocycles. The first-order chi connectivity index (χ1) is 14.9. The van der Waals surface area contributed by atoms with E-state index in [1.807, 2.05) is 0 Å². The number of halogens is 3. The number of hydrogen-bond acceptors (Lipinski definition) is 5. The molecule has 6 nitrogen and oxygen atoms in total. The number of rotatable bonds is 7. The second-order valence-corrected chi connectivity index (χ2v) is 7.53. The van der Waals surface area contributed by atoms with Crippen LogP contribution >= 0.6 is 34.8 Å². The van der Waals surface area contributed by atoms with Gasteiger partial charge in [-0.25, -0.2) is 4.79 Å². The second-order valence-electron chi connectivity index (χ2n) is 6.25. The summed E-state index contributed by atoms with van der Waals surface area (Å²) < 4.78 is 11.1. The first-order valence-electron chi connectivity index (χ1n) is 8.93. The summed E-state index contributed by atoms with van der Waals surface area (Å²) in [6.07, 6.45) is 0. The zero-order valence-corrected chi connectivity index (χ0v) is 18.5. The lowest BCUT2D eigenvalue weighted by molar-refractivity contribution is 0.0516. The van der Waals surface area contributed by atoms with Crippen molar-refractivity contribution in [2.24, 2.45) is 10.9 Å². The average molecular weight is 480 g/mol. The Labute approximate surface area is 194 Å². The van der Waals surface area contributed by atoms with Crippen molar-refractivity contribution < 1.29 is 19.1 Å². The molecule has 3 aromatic rings. The van der Waals surface area contributed by atoms with Crippen molar-refractivity contribution in [2.75, 3.05) is 7.11 Å². The third-order valence-corrected chi connectivity index (χ3v) is 4.96. The van der Waals surface area contributed by atoms with Crippen LogP contribution in [0.2, 0.25) is 15.1 Å². The van der Waals surface area contributed by atoms with Crippen LogP contribution in [0.4, 0.5) is 0 Å². The molecular weight excluding hydrogens is 463 g/mol. The maximum Gasteiger partial charge on any atom is 0.365 e. The van der Waals surface area contributed by atoms with Crippen molar-refractivity contribution >= 4 is 46.6 Å². The Hall–Kier alpha value is -2.93. The number of nitrogens with two attached hydrogens (primary N) is 1. The minimum absolute atomic E-state index is 0.0603. The Balaban J connectivity index is 1.73. The summed E-state index contributed by atoms with van der Waals surface area (Å²) in [5.74, 6) is 0.413. The lowest BCUT2D eigenvalue weighted by Crippen LogP contribution is -2.16. The number of nitrogens with zero attached hydrogens (tertiary/aromatic N) is 1. The van der Waals surface area contributed by atoms with Crippen LogP contribution in [-0.4, -0.2) is 18.9 Å². The molecule has 0 aliphatic carbocycles. The molecule has 0 amide bonds. The molecule has 0 bridgehead atoms. The molecule has 0 unspecified atom stereocenters. The fourth-order valence-corrected chi connectivity index (χ4v) is 3.23. The van der Waals surface area contributed by atoms with E-state index in [2.05, 4.69) is 5.16 Å². The van der Waals surface area contributed by atoms with E-state index in [4.69, 9.17) is 54.8 Å². The number of benzene rings is 3. The Kier molecular flexibility index (Phi) is 7.63. The van der Waals surface area contributed by atoms with E-state index in [0.29, 0.717) is 32.7 Å². The van der Waals surface area contributed by atoms with E-state index < -0.39 is 5.97 Å². The van der Waals surface area contributed by atoms with Gasteiger partial charge in [0.2, 0.25) is 0 Å². The highest BCUT2D eigenvalue weighted by Gasteiger charge is 2.14. The molecule has 0 aliphatic rings. The summed E-state index contributed by atoms with van der Waals surface area (Å²) in [5, 5.41) is 5.02. The largest absolute Gasteiger partial charge is 0.496 e. The topological polar surface area (TPSA) is 83.1 Å². The van der Waals surface area contributed by atoms with E-state index in [1.54, 1.807) is 54.6 Å². The van der Waals surface area contributed by atoms with Gasteiger partial charge in [-0.05, 0) is 60.7 Å². The number of methoxy groups -OCH3 is 1. The van der Waals surface area contributed by atoms with Gasteiger partial charge in [0.15, 0.2) is 5.84 Å². The van der Waals surface area contributed by atoms with Crippen molar-refractivity contribution in [3.8, 4) is 11.5 Å². The van der Waals surface area contributed by atoms with Gasteiger partial charge in [-0.1, -0.05) is 40.0 Å². The zero-order valence-electron chi connectivity index (χ0n) is 16.3. The lowest BCUT2D eigenvalue weighted by atomic mass is 10.1. The van der Waals surface area contributed by atoms with Crippen LogP contribution in [0.25, 0.3) is 0 Å². The number of ether oxygens (including phenoxy) is 2. The fraction of sp³-hybridized carbons (Fsp3) is 0.0909. The minimum Gasteiger partial charge on any atom is -0.496 e. The number of carbonyl (C=O) groups is 1. The van der Waals surface area contributed by atoms with Crippen LogP contribution in [0.3, 0.4) is 0 Å². The second kappa shape index (κ2) is 10.4. The highest BCUT2D eigenvalue weighted by molar-refractivity contribution is 6.36. The normalized spacial score (nSPS) is 11.2. The van der Waals surface area contributed by atoms with Gasteiger partial charge in [-0.15, -0.1) is 0 Å². The van der Waals surface area contributed by atoms with Gasteiger partial charge in [-0.3, -0.25) is 0 Å². The maximum atomic E-state index is 12.4. The molecule has 0 radical (unpaired) electrons. The van der Waals surface area contributed by atoms with Crippen LogP contribution in [-0.2, 0) is 11.4 Å². The maximum absolute atomic E-state index is 12.4. The SMILES string of the molecule is COc1ccc(C(=O)O/N=C(\N)c2ccc(Cl)cc2Cl)cc1COc1ccc(Cl)cc1. The Morgan fingerprint density at radius 3 is 2.35 bits per heavy atom.